The number of aromatic nitrogens is 2. The van der Waals surface area contributed by atoms with E-state index in [-0.39, 0.29) is 29.2 Å². The lowest BCUT2D eigenvalue weighted by molar-refractivity contribution is -0.139. The van der Waals surface area contributed by atoms with Crippen molar-refractivity contribution < 1.29 is 18.0 Å². The minimum atomic E-state index is -3.45. The van der Waals surface area contributed by atoms with Gasteiger partial charge in [0.25, 0.3) is 0 Å². The third kappa shape index (κ3) is 4.99. The van der Waals surface area contributed by atoms with E-state index in [1.807, 2.05) is 0 Å². The van der Waals surface area contributed by atoms with Crippen LogP contribution in [0.3, 0.4) is 0 Å². The van der Waals surface area contributed by atoms with Crippen LogP contribution in [0.1, 0.15) is 56.6 Å². The van der Waals surface area contributed by atoms with Gasteiger partial charge in [-0.2, -0.15) is 0 Å². The summed E-state index contributed by atoms with van der Waals surface area (Å²) in [6, 6.07) is 0. The van der Waals surface area contributed by atoms with Gasteiger partial charge >= 0.3 is 0 Å². The standard InChI is InChI=1S/C21H31N5O4S/c1-31(29,30)17-14-22-21(25-9-3-2-4-10-25)23-20(17)16-7-12-24(13-8-16)19(28)15-26-11-5-6-18(26)27/h14,16H,2-13,15H2,1H3. The number of carbonyl (C=O) groups excluding carboxylic acids is 2. The third-order valence-corrected chi connectivity index (χ3v) is 7.65. The first-order valence-corrected chi connectivity index (χ1v) is 13.1. The number of carbonyl (C=O) groups is 2. The minimum Gasteiger partial charge on any atom is -0.341 e. The first kappa shape index (κ1) is 22.0. The average Bonchev–Trinajstić information content (AvgIpc) is 3.17. The van der Waals surface area contributed by atoms with Crippen LogP contribution < -0.4 is 4.90 Å². The molecule has 0 saturated carbocycles. The van der Waals surface area contributed by atoms with Crippen LogP contribution in [0, 0.1) is 0 Å². The molecule has 10 heteroatoms. The van der Waals surface area contributed by atoms with E-state index < -0.39 is 9.84 Å². The Morgan fingerprint density at radius 3 is 2.39 bits per heavy atom. The van der Waals surface area contributed by atoms with E-state index in [2.05, 4.69) is 9.88 Å². The van der Waals surface area contributed by atoms with Crippen molar-refractivity contribution >= 4 is 27.6 Å². The van der Waals surface area contributed by atoms with Gasteiger partial charge in [0.2, 0.25) is 17.8 Å². The number of hydrogen-bond donors (Lipinski definition) is 0. The van der Waals surface area contributed by atoms with Gasteiger partial charge in [-0.15, -0.1) is 0 Å². The number of anilines is 1. The monoisotopic (exact) mass is 449 g/mol. The molecule has 0 bridgehead atoms. The average molecular weight is 450 g/mol. The van der Waals surface area contributed by atoms with Crippen LogP contribution in [0.25, 0.3) is 0 Å². The fraction of sp³-hybridized carbons (Fsp3) is 0.714. The van der Waals surface area contributed by atoms with Crippen molar-refractivity contribution in [2.24, 2.45) is 0 Å². The molecule has 0 spiro atoms. The molecule has 0 aromatic carbocycles. The lowest BCUT2D eigenvalue weighted by atomic mass is 9.93. The predicted molar refractivity (Wildman–Crippen MR) is 116 cm³/mol. The van der Waals surface area contributed by atoms with Crippen molar-refractivity contribution in [3.63, 3.8) is 0 Å². The molecule has 31 heavy (non-hydrogen) atoms. The summed E-state index contributed by atoms with van der Waals surface area (Å²) in [5.74, 6) is 0.586. The zero-order valence-electron chi connectivity index (χ0n) is 18.1. The Hall–Kier alpha value is -2.23. The highest BCUT2D eigenvalue weighted by Crippen LogP contribution is 2.32. The topological polar surface area (TPSA) is 104 Å². The van der Waals surface area contributed by atoms with Gasteiger partial charge in [0.05, 0.1) is 18.4 Å². The molecule has 0 radical (unpaired) electrons. The second-order valence-electron chi connectivity index (χ2n) is 8.81. The number of nitrogens with zero attached hydrogens (tertiary/aromatic N) is 5. The van der Waals surface area contributed by atoms with Gasteiger partial charge in [0.15, 0.2) is 9.84 Å². The summed E-state index contributed by atoms with van der Waals surface area (Å²) < 4.78 is 24.8. The Morgan fingerprint density at radius 2 is 1.77 bits per heavy atom. The largest absolute Gasteiger partial charge is 0.341 e. The maximum Gasteiger partial charge on any atom is 0.242 e. The number of sulfone groups is 1. The van der Waals surface area contributed by atoms with E-state index in [9.17, 15) is 18.0 Å². The summed E-state index contributed by atoms with van der Waals surface area (Å²) in [7, 11) is -3.45. The van der Waals surface area contributed by atoms with E-state index in [4.69, 9.17) is 4.98 Å². The maximum absolute atomic E-state index is 12.6. The van der Waals surface area contributed by atoms with Crippen LogP contribution in [0.2, 0.25) is 0 Å². The first-order valence-electron chi connectivity index (χ1n) is 11.2. The SMILES string of the molecule is CS(=O)(=O)c1cnc(N2CCCCC2)nc1C1CCN(C(=O)CN2CCCC2=O)CC1. The molecular weight excluding hydrogens is 418 g/mol. The summed E-state index contributed by atoms with van der Waals surface area (Å²) in [5.41, 5.74) is 0.583. The highest BCUT2D eigenvalue weighted by Gasteiger charge is 2.31. The van der Waals surface area contributed by atoms with Crippen LogP contribution in [0.4, 0.5) is 5.95 Å². The van der Waals surface area contributed by atoms with Gasteiger partial charge in [0.1, 0.15) is 4.90 Å². The number of amides is 2. The molecule has 0 atom stereocenters. The molecule has 3 aliphatic heterocycles. The summed E-state index contributed by atoms with van der Waals surface area (Å²) in [6.07, 6.45) is 8.67. The lowest BCUT2D eigenvalue weighted by Crippen LogP contribution is -2.44. The Kier molecular flexibility index (Phi) is 6.45. The smallest absolute Gasteiger partial charge is 0.242 e. The summed E-state index contributed by atoms with van der Waals surface area (Å²) in [6.45, 7) is 3.65. The number of piperidine rings is 2. The van der Waals surface area contributed by atoms with E-state index in [1.165, 1.54) is 18.9 Å². The second kappa shape index (κ2) is 9.10. The van der Waals surface area contributed by atoms with Gasteiger partial charge in [-0.1, -0.05) is 0 Å². The molecule has 0 N–H and O–H groups in total. The van der Waals surface area contributed by atoms with Gasteiger partial charge < -0.3 is 14.7 Å². The van der Waals surface area contributed by atoms with Crippen LogP contribution in [-0.4, -0.2) is 85.5 Å². The van der Waals surface area contributed by atoms with Crippen LogP contribution in [-0.2, 0) is 19.4 Å². The predicted octanol–water partition coefficient (Wildman–Crippen LogP) is 1.20. The quantitative estimate of drug-likeness (QED) is 0.665. The van der Waals surface area contributed by atoms with E-state index in [1.54, 1.807) is 9.80 Å². The van der Waals surface area contributed by atoms with E-state index in [0.717, 1.165) is 32.4 Å². The Bertz CT molecular complexity index is 937. The van der Waals surface area contributed by atoms with Crippen molar-refractivity contribution in [2.45, 2.75) is 55.8 Å². The van der Waals surface area contributed by atoms with Gasteiger partial charge in [-0.05, 0) is 38.5 Å². The lowest BCUT2D eigenvalue weighted by Gasteiger charge is -2.34. The van der Waals surface area contributed by atoms with Crippen LogP contribution in [0.5, 0.6) is 0 Å². The van der Waals surface area contributed by atoms with Crippen molar-refractivity contribution in [3.05, 3.63) is 11.9 Å². The van der Waals surface area contributed by atoms with Gasteiger partial charge in [-0.3, -0.25) is 9.59 Å². The Balaban J connectivity index is 1.47. The third-order valence-electron chi connectivity index (χ3n) is 6.54. The van der Waals surface area contributed by atoms with Crippen molar-refractivity contribution in [2.75, 3.05) is 50.4 Å². The van der Waals surface area contributed by atoms with Gasteiger partial charge in [-0.25, -0.2) is 18.4 Å². The zero-order chi connectivity index (χ0) is 22.0. The molecule has 170 valence electrons. The molecule has 3 fully saturated rings. The van der Waals surface area contributed by atoms with Crippen molar-refractivity contribution in [1.82, 2.24) is 19.8 Å². The highest BCUT2D eigenvalue weighted by atomic mass is 32.2. The fourth-order valence-corrected chi connectivity index (χ4v) is 5.57. The summed E-state index contributed by atoms with van der Waals surface area (Å²) in [5, 5.41) is 0. The Labute approximate surface area is 183 Å². The molecule has 0 aliphatic carbocycles. The second-order valence-corrected chi connectivity index (χ2v) is 10.8. The zero-order valence-corrected chi connectivity index (χ0v) is 18.9. The van der Waals surface area contributed by atoms with Crippen molar-refractivity contribution in [3.8, 4) is 0 Å². The van der Waals surface area contributed by atoms with Crippen LogP contribution >= 0.6 is 0 Å². The number of likely N-dealkylation sites (tertiary alicyclic amines) is 2. The maximum atomic E-state index is 12.6. The fourth-order valence-electron chi connectivity index (χ4n) is 4.74. The summed E-state index contributed by atoms with van der Waals surface area (Å²) in [4.78, 5) is 39.3. The molecule has 3 aliphatic rings. The minimum absolute atomic E-state index is 0.0336. The van der Waals surface area contributed by atoms with E-state index >= 15 is 0 Å². The number of rotatable bonds is 5. The number of hydrogen-bond acceptors (Lipinski definition) is 7. The molecular formula is C21H31N5O4S. The molecule has 0 unspecified atom stereocenters. The Morgan fingerprint density at radius 1 is 1.06 bits per heavy atom. The molecule has 9 nitrogen and oxygen atoms in total. The molecule has 4 rings (SSSR count). The van der Waals surface area contributed by atoms with Crippen LogP contribution in [0.15, 0.2) is 11.1 Å². The van der Waals surface area contributed by atoms with E-state index in [0.29, 0.717) is 50.5 Å². The normalized spacial score (nSPS) is 21.1. The first-order chi connectivity index (χ1) is 14.8. The van der Waals surface area contributed by atoms with Crippen molar-refractivity contribution in [1.29, 1.82) is 0 Å². The highest BCUT2D eigenvalue weighted by molar-refractivity contribution is 7.90. The molecule has 1 aromatic heterocycles. The molecule has 3 saturated heterocycles. The molecule has 1 aromatic rings. The molecule has 2 amide bonds. The van der Waals surface area contributed by atoms with Gasteiger partial charge in [0, 0.05) is 51.3 Å². The summed E-state index contributed by atoms with van der Waals surface area (Å²) >= 11 is 0. The molecule has 4 heterocycles.